The largest absolute Gasteiger partial charge is 0.497 e. The lowest BCUT2D eigenvalue weighted by Gasteiger charge is -2.09. The summed E-state index contributed by atoms with van der Waals surface area (Å²) in [6.07, 6.45) is 6.54. The number of ether oxygens (including phenoxy) is 1. The smallest absolute Gasteiger partial charge is 0.150 e. The number of hydrogen-bond acceptors (Lipinski definition) is 3. The Morgan fingerprint density at radius 3 is 3.00 bits per heavy atom. The van der Waals surface area contributed by atoms with E-state index >= 15 is 0 Å². The van der Waals surface area contributed by atoms with E-state index in [9.17, 15) is 0 Å². The zero-order valence-electron chi connectivity index (χ0n) is 12.6. The quantitative estimate of drug-likeness (QED) is 0.777. The number of fused-ring (bicyclic) bond motifs is 1. The highest BCUT2D eigenvalue weighted by atomic mass is 16.5. The fourth-order valence-corrected chi connectivity index (χ4v) is 2.76. The standard InChI is InChI=1S/C18H19N3O/c1-22-15-4-2-3-14(11-15)16-7-8-17-18(19-9-10-21(16)17)20-12-13-5-6-13/h2-4,7-11,13H,5-6,12H2,1H3,(H,19,20). The molecule has 112 valence electrons. The van der Waals surface area contributed by atoms with Gasteiger partial charge in [-0.25, -0.2) is 4.98 Å². The number of rotatable bonds is 5. The third kappa shape index (κ3) is 2.41. The summed E-state index contributed by atoms with van der Waals surface area (Å²) in [5.74, 6) is 2.66. The molecule has 0 bridgehead atoms. The van der Waals surface area contributed by atoms with Crippen molar-refractivity contribution in [2.75, 3.05) is 19.0 Å². The minimum absolute atomic E-state index is 0.829. The van der Waals surface area contributed by atoms with Gasteiger partial charge in [0.1, 0.15) is 11.6 Å². The Morgan fingerprint density at radius 1 is 1.27 bits per heavy atom. The van der Waals surface area contributed by atoms with E-state index in [2.05, 4.69) is 39.0 Å². The molecule has 4 nitrogen and oxygen atoms in total. The second kappa shape index (κ2) is 5.37. The number of nitrogens with zero attached hydrogens (tertiary/aromatic N) is 2. The number of nitrogens with one attached hydrogen (secondary N) is 1. The summed E-state index contributed by atoms with van der Waals surface area (Å²) < 4.78 is 7.50. The molecule has 4 heteroatoms. The van der Waals surface area contributed by atoms with Crippen molar-refractivity contribution in [1.82, 2.24) is 9.38 Å². The summed E-state index contributed by atoms with van der Waals surface area (Å²) >= 11 is 0. The molecule has 1 aliphatic carbocycles. The van der Waals surface area contributed by atoms with Gasteiger partial charge in [0.25, 0.3) is 0 Å². The van der Waals surface area contributed by atoms with Crippen LogP contribution in [0.25, 0.3) is 16.8 Å². The van der Waals surface area contributed by atoms with Crippen LogP contribution in [-0.2, 0) is 0 Å². The van der Waals surface area contributed by atoms with Gasteiger partial charge in [0.2, 0.25) is 0 Å². The first-order chi connectivity index (χ1) is 10.8. The van der Waals surface area contributed by atoms with E-state index in [4.69, 9.17) is 4.74 Å². The maximum Gasteiger partial charge on any atom is 0.150 e. The van der Waals surface area contributed by atoms with Gasteiger partial charge in [0.05, 0.1) is 18.3 Å². The Balaban J connectivity index is 1.73. The lowest BCUT2D eigenvalue weighted by Crippen LogP contribution is -2.06. The van der Waals surface area contributed by atoms with Crippen molar-refractivity contribution in [2.24, 2.45) is 5.92 Å². The molecule has 0 radical (unpaired) electrons. The number of hydrogen-bond donors (Lipinski definition) is 1. The summed E-state index contributed by atoms with van der Waals surface area (Å²) in [5.41, 5.74) is 3.39. The number of aromatic nitrogens is 2. The molecular formula is C18H19N3O. The van der Waals surface area contributed by atoms with E-state index in [1.807, 2.05) is 24.5 Å². The van der Waals surface area contributed by atoms with Gasteiger partial charge in [0.15, 0.2) is 0 Å². The summed E-state index contributed by atoms with van der Waals surface area (Å²) in [5, 5.41) is 3.48. The highest BCUT2D eigenvalue weighted by molar-refractivity contribution is 5.75. The van der Waals surface area contributed by atoms with E-state index in [0.29, 0.717) is 0 Å². The van der Waals surface area contributed by atoms with Gasteiger partial charge in [-0.15, -0.1) is 0 Å². The van der Waals surface area contributed by atoms with Crippen LogP contribution in [0.4, 0.5) is 5.82 Å². The lowest BCUT2D eigenvalue weighted by molar-refractivity contribution is 0.415. The molecule has 1 N–H and O–H groups in total. The van der Waals surface area contributed by atoms with Crippen LogP contribution >= 0.6 is 0 Å². The maximum absolute atomic E-state index is 5.33. The molecule has 0 saturated heterocycles. The molecule has 1 aromatic carbocycles. The maximum atomic E-state index is 5.33. The van der Waals surface area contributed by atoms with Crippen molar-refractivity contribution in [1.29, 1.82) is 0 Å². The van der Waals surface area contributed by atoms with Gasteiger partial charge in [-0.3, -0.25) is 0 Å². The molecule has 1 aliphatic rings. The van der Waals surface area contributed by atoms with Crippen molar-refractivity contribution in [3.05, 3.63) is 48.8 Å². The number of anilines is 1. The van der Waals surface area contributed by atoms with Crippen LogP contribution in [0.5, 0.6) is 5.75 Å². The highest BCUT2D eigenvalue weighted by Crippen LogP contribution is 2.31. The second-order valence-electron chi connectivity index (χ2n) is 5.81. The molecule has 3 aromatic rings. The van der Waals surface area contributed by atoms with E-state index in [0.717, 1.165) is 40.8 Å². The van der Waals surface area contributed by atoms with E-state index in [1.54, 1.807) is 7.11 Å². The van der Waals surface area contributed by atoms with E-state index in [-0.39, 0.29) is 0 Å². The second-order valence-corrected chi connectivity index (χ2v) is 5.81. The van der Waals surface area contributed by atoms with Crippen molar-refractivity contribution in [3.8, 4) is 17.0 Å². The Bertz CT molecular complexity index is 805. The predicted octanol–water partition coefficient (Wildman–Crippen LogP) is 3.83. The Hall–Kier alpha value is -2.49. The minimum Gasteiger partial charge on any atom is -0.497 e. The van der Waals surface area contributed by atoms with Crippen molar-refractivity contribution in [3.63, 3.8) is 0 Å². The molecule has 1 fully saturated rings. The number of benzene rings is 1. The van der Waals surface area contributed by atoms with Crippen LogP contribution in [-0.4, -0.2) is 23.0 Å². The monoisotopic (exact) mass is 293 g/mol. The van der Waals surface area contributed by atoms with Gasteiger partial charge in [0, 0.05) is 24.5 Å². The van der Waals surface area contributed by atoms with Crippen LogP contribution in [0.3, 0.4) is 0 Å². The van der Waals surface area contributed by atoms with Crippen molar-refractivity contribution < 1.29 is 4.74 Å². The van der Waals surface area contributed by atoms with Crippen molar-refractivity contribution in [2.45, 2.75) is 12.8 Å². The summed E-state index contributed by atoms with van der Waals surface area (Å²) in [7, 11) is 1.69. The Labute approximate surface area is 129 Å². The van der Waals surface area contributed by atoms with E-state index < -0.39 is 0 Å². The molecule has 4 rings (SSSR count). The topological polar surface area (TPSA) is 38.6 Å². The molecule has 0 unspecified atom stereocenters. The molecule has 2 aromatic heterocycles. The molecular weight excluding hydrogens is 274 g/mol. The molecule has 0 aliphatic heterocycles. The lowest BCUT2D eigenvalue weighted by atomic mass is 10.1. The van der Waals surface area contributed by atoms with Gasteiger partial charge in [-0.1, -0.05) is 12.1 Å². The molecule has 2 heterocycles. The SMILES string of the molecule is COc1cccc(-c2ccc3c(NCC4CC4)nccn23)c1. The van der Waals surface area contributed by atoms with Crippen LogP contribution < -0.4 is 10.1 Å². The molecule has 0 amide bonds. The fourth-order valence-electron chi connectivity index (χ4n) is 2.76. The van der Waals surface area contributed by atoms with Crippen LogP contribution in [0.1, 0.15) is 12.8 Å². The predicted molar refractivity (Wildman–Crippen MR) is 88.4 cm³/mol. The number of methoxy groups -OCH3 is 1. The average molecular weight is 293 g/mol. The first-order valence-corrected chi connectivity index (χ1v) is 7.69. The van der Waals surface area contributed by atoms with Crippen LogP contribution in [0, 0.1) is 5.92 Å². The van der Waals surface area contributed by atoms with Gasteiger partial charge in [-0.2, -0.15) is 0 Å². The zero-order valence-corrected chi connectivity index (χ0v) is 12.6. The van der Waals surface area contributed by atoms with Gasteiger partial charge in [-0.05, 0) is 43.0 Å². The molecule has 1 saturated carbocycles. The zero-order chi connectivity index (χ0) is 14.9. The third-order valence-corrected chi connectivity index (χ3v) is 4.20. The van der Waals surface area contributed by atoms with Crippen molar-refractivity contribution >= 4 is 11.3 Å². The molecule has 0 spiro atoms. The normalized spacial score (nSPS) is 14.2. The Kier molecular flexibility index (Phi) is 3.22. The molecule has 0 atom stereocenters. The van der Waals surface area contributed by atoms with Crippen LogP contribution in [0.2, 0.25) is 0 Å². The highest BCUT2D eigenvalue weighted by Gasteiger charge is 2.21. The summed E-state index contributed by atoms with van der Waals surface area (Å²) in [6.45, 7) is 1.02. The first-order valence-electron chi connectivity index (χ1n) is 7.69. The summed E-state index contributed by atoms with van der Waals surface area (Å²) in [4.78, 5) is 4.49. The average Bonchev–Trinajstić information content (AvgIpc) is 3.29. The summed E-state index contributed by atoms with van der Waals surface area (Å²) in [6, 6.07) is 12.4. The van der Waals surface area contributed by atoms with E-state index in [1.165, 1.54) is 12.8 Å². The van der Waals surface area contributed by atoms with Gasteiger partial charge >= 0.3 is 0 Å². The van der Waals surface area contributed by atoms with Gasteiger partial charge < -0.3 is 14.5 Å². The van der Waals surface area contributed by atoms with Crippen LogP contribution in [0.15, 0.2) is 48.8 Å². The first kappa shape index (κ1) is 13.2. The Morgan fingerprint density at radius 2 is 2.18 bits per heavy atom. The minimum atomic E-state index is 0.829. The molecule has 22 heavy (non-hydrogen) atoms. The third-order valence-electron chi connectivity index (χ3n) is 4.20. The fraction of sp³-hybridized carbons (Fsp3) is 0.278.